The molecule has 1 fully saturated rings. The number of carbonyl (C=O) groups excluding carboxylic acids is 1. The first-order valence-corrected chi connectivity index (χ1v) is 8.40. The highest BCUT2D eigenvalue weighted by Crippen LogP contribution is 2.40. The minimum Gasteiger partial charge on any atom is -0.481 e. The summed E-state index contributed by atoms with van der Waals surface area (Å²) in [6, 6.07) is 5.18. The molecule has 2 atom stereocenters. The molecule has 1 aliphatic rings. The van der Waals surface area contributed by atoms with E-state index in [2.05, 4.69) is 31.9 Å². The first kappa shape index (κ1) is 16.5. The standard InChI is InChI=1S/C15H17Br2NO3/c1-8(2)18-13(19)6-4-10(15(20)21)14(18)9-3-5-11(16)12(17)7-9/h3,5,7-8,10,14H,4,6H2,1-2H3,(H,20,21). The Balaban J connectivity index is 2.51. The molecule has 0 radical (unpaired) electrons. The highest BCUT2D eigenvalue weighted by molar-refractivity contribution is 9.13. The lowest BCUT2D eigenvalue weighted by Crippen LogP contribution is -2.48. The van der Waals surface area contributed by atoms with Gasteiger partial charge in [0.2, 0.25) is 5.91 Å². The normalized spacial score (nSPS) is 22.7. The van der Waals surface area contributed by atoms with Crippen LogP contribution in [0.2, 0.25) is 0 Å². The summed E-state index contributed by atoms with van der Waals surface area (Å²) in [7, 11) is 0. The molecule has 0 saturated carbocycles. The molecule has 2 rings (SSSR count). The van der Waals surface area contributed by atoms with Gasteiger partial charge in [0.1, 0.15) is 0 Å². The van der Waals surface area contributed by atoms with Gasteiger partial charge in [0.05, 0.1) is 12.0 Å². The Hall–Kier alpha value is -0.880. The highest BCUT2D eigenvalue weighted by Gasteiger charge is 2.41. The molecule has 1 N–H and O–H groups in total. The summed E-state index contributed by atoms with van der Waals surface area (Å²) in [6.07, 6.45) is 0.680. The van der Waals surface area contributed by atoms with Crippen LogP contribution >= 0.6 is 31.9 Å². The second-order valence-corrected chi connectivity index (χ2v) is 7.21. The zero-order chi connectivity index (χ0) is 15.7. The van der Waals surface area contributed by atoms with E-state index in [-0.39, 0.29) is 11.9 Å². The van der Waals surface area contributed by atoms with Gasteiger partial charge in [-0.05, 0) is 69.8 Å². The quantitative estimate of drug-likeness (QED) is 0.807. The number of benzene rings is 1. The molecular formula is C15H17Br2NO3. The number of hydrogen-bond acceptors (Lipinski definition) is 2. The molecule has 4 nitrogen and oxygen atoms in total. The van der Waals surface area contributed by atoms with E-state index in [9.17, 15) is 14.7 Å². The fourth-order valence-electron chi connectivity index (χ4n) is 2.87. The van der Waals surface area contributed by atoms with Crippen LogP contribution in [-0.2, 0) is 9.59 Å². The molecule has 114 valence electrons. The Morgan fingerprint density at radius 3 is 2.52 bits per heavy atom. The van der Waals surface area contributed by atoms with Gasteiger partial charge in [0.15, 0.2) is 0 Å². The number of carboxylic acids is 1. The highest BCUT2D eigenvalue weighted by atomic mass is 79.9. The Kier molecular flexibility index (Phi) is 5.09. The maximum atomic E-state index is 12.3. The zero-order valence-corrected chi connectivity index (χ0v) is 15.0. The number of nitrogens with zero attached hydrogens (tertiary/aromatic N) is 1. The van der Waals surface area contributed by atoms with Crippen molar-refractivity contribution in [2.24, 2.45) is 5.92 Å². The van der Waals surface area contributed by atoms with Crippen molar-refractivity contribution in [1.82, 2.24) is 4.90 Å². The van der Waals surface area contributed by atoms with Crippen molar-refractivity contribution in [2.75, 3.05) is 0 Å². The van der Waals surface area contributed by atoms with E-state index in [4.69, 9.17) is 0 Å². The summed E-state index contributed by atoms with van der Waals surface area (Å²) in [5.41, 5.74) is 0.847. The van der Waals surface area contributed by atoms with Crippen LogP contribution in [0.15, 0.2) is 27.1 Å². The number of likely N-dealkylation sites (tertiary alicyclic amines) is 1. The van der Waals surface area contributed by atoms with Crippen LogP contribution < -0.4 is 0 Å². The van der Waals surface area contributed by atoms with Gasteiger partial charge in [-0.2, -0.15) is 0 Å². The van der Waals surface area contributed by atoms with Crippen molar-refractivity contribution in [1.29, 1.82) is 0 Å². The molecule has 1 aromatic rings. The van der Waals surface area contributed by atoms with E-state index in [0.29, 0.717) is 12.8 Å². The fraction of sp³-hybridized carbons (Fsp3) is 0.467. The van der Waals surface area contributed by atoms with Gasteiger partial charge in [-0.15, -0.1) is 0 Å². The summed E-state index contributed by atoms with van der Waals surface area (Å²) >= 11 is 6.85. The molecule has 1 heterocycles. The van der Waals surface area contributed by atoms with Crippen LogP contribution in [0.5, 0.6) is 0 Å². The van der Waals surface area contributed by atoms with Crippen molar-refractivity contribution in [3.8, 4) is 0 Å². The first-order valence-electron chi connectivity index (χ1n) is 6.82. The van der Waals surface area contributed by atoms with Gasteiger partial charge >= 0.3 is 5.97 Å². The van der Waals surface area contributed by atoms with E-state index >= 15 is 0 Å². The molecule has 2 unspecified atom stereocenters. The van der Waals surface area contributed by atoms with Gasteiger partial charge in [-0.3, -0.25) is 9.59 Å². The summed E-state index contributed by atoms with van der Waals surface area (Å²) in [5.74, 6) is -1.40. The third kappa shape index (κ3) is 3.31. The summed E-state index contributed by atoms with van der Waals surface area (Å²) in [5, 5.41) is 9.52. The molecule has 0 bridgehead atoms. The third-order valence-corrected chi connectivity index (χ3v) is 5.68. The second kappa shape index (κ2) is 6.48. The number of halogens is 2. The van der Waals surface area contributed by atoms with Crippen LogP contribution in [0.4, 0.5) is 0 Å². The van der Waals surface area contributed by atoms with Crippen LogP contribution in [0.3, 0.4) is 0 Å². The summed E-state index contributed by atoms with van der Waals surface area (Å²) in [6.45, 7) is 3.84. The minimum absolute atomic E-state index is 0.0199. The van der Waals surface area contributed by atoms with Crippen LogP contribution in [0.25, 0.3) is 0 Å². The molecule has 21 heavy (non-hydrogen) atoms. The topological polar surface area (TPSA) is 57.6 Å². The number of carboxylic acid groups (broad SMARTS) is 1. The minimum atomic E-state index is -0.850. The number of piperidine rings is 1. The lowest BCUT2D eigenvalue weighted by Gasteiger charge is -2.42. The number of hydrogen-bond donors (Lipinski definition) is 1. The monoisotopic (exact) mass is 417 g/mol. The molecule has 1 aliphatic heterocycles. The Labute approximate surface area is 140 Å². The van der Waals surface area contributed by atoms with Gasteiger partial charge in [-0.1, -0.05) is 6.07 Å². The first-order chi connectivity index (χ1) is 9.82. The van der Waals surface area contributed by atoms with Crippen LogP contribution in [-0.4, -0.2) is 27.9 Å². The predicted molar refractivity (Wildman–Crippen MR) is 86.9 cm³/mol. The fourth-order valence-corrected chi connectivity index (χ4v) is 3.52. The van der Waals surface area contributed by atoms with Crippen LogP contribution in [0, 0.1) is 5.92 Å². The van der Waals surface area contributed by atoms with Gasteiger partial charge in [0, 0.05) is 21.4 Å². The van der Waals surface area contributed by atoms with Gasteiger partial charge in [-0.25, -0.2) is 0 Å². The van der Waals surface area contributed by atoms with E-state index in [1.807, 2.05) is 32.0 Å². The number of carbonyl (C=O) groups is 2. The number of aliphatic carboxylic acids is 1. The third-order valence-electron chi connectivity index (χ3n) is 3.80. The Bertz CT molecular complexity index is 574. The lowest BCUT2D eigenvalue weighted by atomic mass is 9.83. The van der Waals surface area contributed by atoms with Crippen molar-refractivity contribution >= 4 is 43.7 Å². The average molecular weight is 419 g/mol. The average Bonchev–Trinajstić information content (AvgIpc) is 2.40. The van der Waals surface area contributed by atoms with E-state index < -0.39 is 17.9 Å². The predicted octanol–water partition coefficient (Wildman–Crippen LogP) is 3.98. The SMILES string of the molecule is CC(C)N1C(=O)CCC(C(=O)O)C1c1ccc(Br)c(Br)c1. The molecule has 1 aromatic carbocycles. The maximum Gasteiger partial charge on any atom is 0.308 e. The van der Waals surface area contributed by atoms with Crippen molar-refractivity contribution < 1.29 is 14.7 Å². The molecule has 0 aliphatic carbocycles. The van der Waals surface area contributed by atoms with E-state index in [1.165, 1.54) is 0 Å². The Morgan fingerprint density at radius 1 is 1.33 bits per heavy atom. The molecule has 6 heteroatoms. The van der Waals surface area contributed by atoms with Gasteiger partial charge in [0.25, 0.3) is 0 Å². The molecule has 1 amide bonds. The summed E-state index contributed by atoms with van der Waals surface area (Å²) < 4.78 is 1.75. The van der Waals surface area contributed by atoms with Gasteiger partial charge < -0.3 is 10.0 Å². The Morgan fingerprint density at radius 2 is 2.00 bits per heavy atom. The number of amides is 1. The van der Waals surface area contributed by atoms with Crippen molar-refractivity contribution in [3.63, 3.8) is 0 Å². The van der Waals surface area contributed by atoms with Crippen LogP contribution in [0.1, 0.15) is 38.3 Å². The molecule has 0 aromatic heterocycles. The smallest absolute Gasteiger partial charge is 0.308 e. The van der Waals surface area contributed by atoms with E-state index in [1.54, 1.807) is 4.90 Å². The second-order valence-electron chi connectivity index (χ2n) is 5.50. The van der Waals surface area contributed by atoms with E-state index in [0.717, 1.165) is 14.5 Å². The molecule has 0 spiro atoms. The maximum absolute atomic E-state index is 12.3. The largest absolute Gasteiger partial charge is 0.481 e. The molecular weight excluding hydrogens is 402 g/mol. The van der Waals surface area contributed by atoms with Crippen molar-refractivity contribution in [3.05, 3.63) is 32.7 Å². The van der Waals surface area contributed by atoms with Crippen molar-refractivity contribution in [2.45, 2.75) is 38.8 Å². The molecule has 1 saturated heterocycles. The summed E-state index contributed by atoms with van der Waals surface area (Å²) in [4.78, 5) is 25.6. The number of rotatable bonds is 3. The lowest BCUT2D eigenvalue weighted by molar-refractivity contribution is -0.153. The zero-order valence-electron chi connectivity index (χ0n) is 11.8.